The van der Waals surface area contributed by atoms with Crippen LogP contribution in [0.1, 0.15) is 24.2 Å². The lowest BCUT2D eigenvalue weighted by Crippen LogP contribution is -2.22. The van der Waals surface area contributed by atoms with E-state index in [-0.39, 0.29) is 18.4 Å². The van der Waals surface area contributed by atoms with Gasteiger partial charge < -0.3 is 15.5 Å². The van der Waals surface area contributed by atoms with Crippen molar-refractivity contribution in [2.45, 2.75) is 19.4 Å². The fourth-order valence-electron chi connectivity index (χ4n) is 2.59. The second-order valence-corrected chi connectivity index (χ2v) is 5.69. The first kappa shape index (κ1) is 15.8. The molecule has 5 heteroatoms. The Kier molecular flexibility index (Phi) is 4.61. The van der Waals surface area contributed by atoms with Gasteiger partial charge in [0.1, 0.15) is 0 Å². The van der Waals surface area contributed by atoms with Crippen molar-refractivity contribution in [2.75, 3.05) is 4.90 Å². The number of primary amides is 1. The van der Waals surface area contributed by atoms with Gasteiger partial charge in [0.05, 0.1) is 18.2 Å². The number of nitrogens with zero attached hydrogens (tertiary/aromatic N) is 3. The highest BCUT2D eigenvalue weighted by molar-refractivity contribution is 5.76. The summed E-state index contributed by atoms with van der Waals surface area (Å²) in [6.45, 7) is 2.12. The quantitative estimate of drug-likeness (QED) is 0.920. The third kappa shape index (κ3) is 3.63. The van der Waals surface area contributed by atoms with Gasteiger partial charge in [0.15, 0.2) is 0 Å². The van der Waals surface area contributed by atoms with E-state index in [1.807, 2.05) is 78.4 Å². The maximum Gasteiger partial charge on any atom is 0.221 e. The number of hydrogen-bond donors (Lipinski definition) is 1. The largest absolute Gasteiger partial charge is 0.369 e. The summed E-state index contributed by atoms with van der Waals surface area (Å²) in [5.41, 5.74) is 8.19. The van der Waals surface area contributed by atoms with Crippen molar-refractivity contribution in [2.24, 2.45) is 5.73 Å². The predicted molar refractivity (Wildman–Crippen MR) is 94.6 cm³/mol. The first-order valence-electron chi connectivity index (χ1n) is 7.84. The lowest BCUT2D eigenvalue weighted by atomic mass is 10.1. The van der Waals surface area contributed by atoms with Crippen molar-refractivity contribution < 1.29 is 4.79 Å². The number of aromatic nitrogens is 1. The lowest BCUT2D eigenvalue weighted by molar-refractivity contribution is -0.117. The molecule has 0 bridgehead atoms. The predicted octanol–water partition coefficient (Wildman–Crippen LogP) is 2.94. The van der Waals surface area contributed by atoms with Crippen LogP contribution in [0.25, 0.3) is 0 Å². The van der Waals surface area contributed by atoms with E-state index >= 15 is 0 Å². The van der Waals surface area contributed by atoms with Gasteiger partial charge in [-0.2, -0.15) is 0 Å². The van der Waals surface area contributed by atoms with E-state index in [0.29, 0.717) is 0 Å². The van der Waals surface area contributed by atoms with E-state index in [0.717, 1.165) is 16.9 Å². The van der Waals surface area contributed by atoms with Gasteiger partial charge in [0.2, 0.25) is 5.91 Å². The summed E-state index contributed by atoms with van der Waals surface area (Å²) in [4.78, 5) is 19.5. The molecule has 2 N–H and O–H groups in total. The molecule has 24 heavy (non-hydrogen) atoms. The monoisotopic (exact) mass is 320 g/mol. The van der Waals surface area contributed by atoms with E-state index < -0.39 is 0 Å². The zero-order valence-electron chi connectivity index (χ0n) is 13.5. The Bertz CT molecular complexity index is 739. The van der Waals surface area contributed by atoms with Gasteiger partial charge in [0.25, 0.3) is 0 Å². The van der Waals surface area contributed by atoms with Crippen LogP contribution in [0.5, 0.6) is 0 Å². The molecule has 1 aromatic carbocycles. The molecule has 1 aliphatic rings. The van der Waals surface area contributed by atoms with Crippen molar-refractivity contribution in [3.8, 4) is 0 Å². The third-order valence-electron chi connectivity index (χ3n) is 3.97. The molecule has 3 rings (SSSR count). The number of carbonyl (C=O) groups is 1. The number of nitrogens with two attached hydrogens (primary N) is 1. The number of amides is 1. The van der Waals surface area contributed by atoms with Gasteiger partial charge in [0, 0.05) is 36.7 Å². The van der Waals surface area contributed by atoms with Crippen LogP contribution in [0.2, 0.25) is 0 Å². The SMILES string of the molecule is CC(c1ccccn1)N1C=CN(c2ccc(CC(N)=O)cc2)C=C1. The molecule has 0 fully saturated rings. The molecule has 0 saturated carbocycles. The number of anilines is 1. The molecule has 1 aliphatic heterocycles. The first-order valence-corrected chi connectivity index (χ1v) is 7.84. The zero-order valence-corrected chi connectivity index (χ0v) is 13.5. The standard InChI is InChI=1S/C19H20N4O/c1-15(18-4-2-3-9-21-18)22-10-12-23(13-11-22)17-7-5-16(6-8-17)14-19(20)24/h2-13,15H,14H2,1H3,(H2,20,24). The summed E-state index contributed by atoms with van der Waals surface area (Å²) in [5.74, 6) is -0.320. The normalized spacial score (nSPS) is 14.7. The Morgan fingerprint density at radius 2 is 1.79 bits per heavy atom. The fraction of sp³-hybridized carbons (Fsp3) is 0.158. The number of rotatable bonds is 5. The van der Waals surface area contributed by atoms with Crippen molar-refractivity contribution in [3.63, 3.8) is 0 Å². The molecule has 0 aliphatic carbocycles. The van der Waals surface area contributed by atoms with Crippen molar-refractivity contribution in [1.82, 2.24) is 9.88 Å². The third-order valence-corrected chi connectivity index (χ3v) is 3.97. The van der Waals surface area contributed by atoms with Crippen molar-refractivity contribution >= 4 is 11.6 Å². The summed E-state index contributed by atoms with van der Waals surface area (Å²) >= 11 is 0. The number of hydrogen-bond acceptors (Lipinski definition) is 4. The van der Waals surface area contributed by atoms with Crippen LogP contribution < -0.4 is 10.6 Å². The number of benzene rings is 1. The highest BCUT2D eigenvalue weighted by Crippen LogP contribution is 2.24. The number of carbonyl (C=O) groups excluding carboxylic acids is 1. The summed E-state index contributed by atoms with van der Waals surface area (Å²) in [7, 11) is 0. The van der Waals surface area contributed by atoms with Gasteiger partial charge in [-0.05, 0) is 36.8 Å². The highest BCUT2D eigenvalue weighted by Gasteiger charge is 2.14. The van der Waals surface area contributed by atoms with Gasteiger partial charge >= 0.3 is 0 Å². The smallest absolute Gasteiger partial charge is 0.221 e. The fourth-order valence-corrected chi connectivity index (χ4v) is 2.59. The molecule has 1 aromatic heterocycles. The molecule has 2 aromatic rings. The zero-order chi connectivity index (χ0) is 16.9. The average molecular weight is 320 g/mol. The molecule has 5 nitrogen and oxygen atoms in total. The van der Waals surface area contributed by atoms with Crippen molar-refractivity contribution in [3.05, 3.63) is 84.7 Å². The molecule has 122 valence electrons. The maximum atomic E-state index is 11.0. The minimum Gasteiger partial charge on any atom is -0.369 e. The van der Waals surface area contributed by atoms with Crippen LogP contribution in [0.15, 0.2) is 73.5 Å². The highest BCUT2D eigenvalue weighted by atomic mass is 16.1. The molecular formula is C19H20N4O. The Balaban J connectivity index is 1.67. The summed E-state index contributed by atoms with van der Waals surface area (Å²) < 4.78 is 0. The Morgan fingerprint density at radius 3 is 2.38 bits per heavy atom. The minimum atomic E-state index is -0.320. The van der Waals surface area contributed by atoms with Crippen molar-refractivity contribution in [1.29, 1.82) is 0 Å². The Labute approximate surface area is 141 Å². The maximum absolute atomic E-state index is 11.0. The molecule has 1 atom stereocenters. The van der Waals surface area contributed by atoms with Gasteiger partial charge in [-0.25, -0.2) is 0 Å². The lowest BCUT2D eigenvalue weighted by Gasteiger charge is -2.29. The van der Waals surface area contributed by atoms with E-state index in [4.69, 9.17) is 5.73 Å². The second-order valence-electron chi connectivity index (χ2n) is 5.69. The van der Waals surface area contributed by atoms with Gasteiger partial charge in [-0.15, -0.1) is 0 Å². The number of pyridine rings is 1. The van der Waals surface area contributed by atoms with E-state index in [1.54, 1.807) is 0 Å². The van der Waals surface area contributed by atoms with Crippen LogP contribution in [0.4, 0.5) is 5.69 Å². The van der Waals surface area contributed by atoms with Gasteiger partial charge in [-0.3, -0.25) is 9.78 Å². The van der Waals surface area contributed by atoms with Gasteiger partial charge in [-0.1, -0.05) is 18.2 Å². The summed E-state index contributed by atoms with van der Waals surface area (Å²) in [5, 5.41) is 0. The van der Waals surface area contributed by atoms with Crippen LogP contribution in [0.3, 0.4) is 0 Å². The van der Waals surface area contributed by atoms with E-state index in [1.165, 1.54) is 0 Å². The minimum absolute atomic E-state index is 0.166. The van der Waals surface area contributed by atoms with Crippen LogP contribution >= 0.6 is 0 Å². The second kappa shape index (κ2) is 7.00. The van der Waals surface area contributed by atoms with E-state index in [9.17, 15) is 4.79 Å². The Morgan fingerprint density at radius 1 is 1.08 bits per heavy atom. The molecule has 0 spiro atoms. The molecule has 0 saturated heterocycles. The molecule has 1 amide bonds. The van der Waals surface area contributed by atoms with Crippen LogP contribution in [-0.4, -0.2) is 15.8 Å². The first-order chi connectivity index (χ1) is 11.6. The summed E-state index contributed by atoms with van der Waals surface area (Å²) in [6.07, 6.45) is 10.1. The molecule has 1 unspecified atom stereocenters. The topological polar surface area (TPSA) is 62.5 Å². The van der Waals surface area contributed by atoms with E-state index in [2.05, 4.69) is 16.8 Å². The van der Waals surface area contributed by atoms with Crippen LogP contribution in [-0.2, 0) is 11.2 Å². The van der Waals surface area contributed by atoms with Crippen LogP contribution in [0, 0.1) is 0 Å². The Hall–Kier alpha value is -3.08. The average Bonchev–Trinajstić information content (AvgIpc) is 2.62. The summed E-state index contributed by atoms with van der Waals surface area (Å²) in [6, 6.07) is 13.9. The molecular weight excluding hydrogens is 300 g/mol. The molecule has 2 heterocycles. The molecule has 0 radical (unpaired) electrons.